The Morgan fingerprint density at radius 2 is 1.07 bits per heavy atom. The standard InChI is InChI=1S/C10H22.C5H10/c1-3-5-7-9-10-8-6-4-2;1-3-5-4-2/h3-10H2,1-2H3;3H,1,4-5H2,2H3. The first kappa shape index (κ1) is 17.1. The van der Waals surface area contributed by atoms with Crippen LogP contribution in [0.2, 0.25) is 0 Å². The minimum atomic E-state index is 1.15. The number of unbranched alkanes of at least 4 members (excludes halogenated alkanes) is 8. The van der Waals surface area contributed by atoms with E-state index in [4.69, 9.17) is 0 Å². The first-order valence-electron chi connectivity index (χ1n) is 6.94. The van der Waals surface area contributed by atoms with Gasteiger partial charge in [0.1, 0.15) is 0 Å². The molecule has 0 fully saturated rings. The molecule has 0 aromatic rings. The van der Waals surface area contributed by atoms with Crippen molar-refractivity contribution in [3.63, 3.8) is 0 Å². The van der Waals surface area contributed by atoms with Crippen molar-refractivity contribution in [1.29, 1.82) is 0 Å². The predicted octanol–water partition coefficient (Wildman–Crippen LogP) is 6.12. The molecule has 0 aromatic heterocycles. The van der Waals surface area contributed by atoms with Gasteiger partial charge < -0.3 is 0 Å². The fourth-order valence-corrected chi connectivity index (χ4v) is 1.41. The van der Waals surface area contributed by atoms with Gasteiger partial charge in [0.25, 0.3) is 0 Å². The van der Waals surface area contributed by atoms with Gasteiger partial charge in [-0.05, 0) is 6.42 Å². The monoisotopic (exact) mass is 212 g/mol. The summed E-state index contributed by atoms with van der Waals surface area (Å²) in [5, 5.41) is 0. The van der Waals surface area contributed by atoms with E-state index in [1.165, 1.54) is 57.8 Å². The van der Waals surface area contributed by atoms with Crippen LogP contribution in [-0.2, 0) is 0 Å². The van der Waals surface area contributed by atoms with Gasteiger partial charge in [-0.3, -0.25) is 0 Å². The molecule has 0 saturated carbocycles. The van der Waals surface area contributed by atoms with Crippen molar-refractivity contribution < 1.29 is 0 Å². The summed E-state index contributed by atoms with van der Waals surface area (Å²) >= 11 is 0. The molecular formula is C15H32. The normalized spacial score (nSPS) is 9.27. The third kappa shape index (κ3) is 24.8. The van der Waals surface area contributed by atoms with Gasteiger partial charge in [0, 0.05) is 0 Å². The smallest absolute Gasteiger partial charge is 0.0356 e. The molecule has 0 aromatic carbocycles. The molecule has 0 unspecified atom stereocenters. The quantitative estimate of drug-likeness (QED) is 0.319. The summed E-state index contributed by atoms with van der Waals surface area (Å²) in [7, 11) is 0. The summed E-state index contributed by atoms with van der Waals surface area (Å²) in [6.45, 7) is 10.2. The van der Waals surface area contributed by atoms with Gasteiger partial charge >= 0.3 is 0 Å². The van der Waals surface area contributed by atoms with Crippen LogP contribution in [0, 0.1) is 0 Å². The fourth-order valence-electron chi connectivity index (χ4n) is 1.41. The SMILES string of the molecule is C=CCCC.CCCCCCCCCC. The molecule has 0 amide bonds. The molecule has 0 bridgehead atoms. The third-order valence-electron chi connectivity index (χ3n) is 2.45. The topological polar surface area (TPSA) is 0 Å². The van der Waals surface area contributed by atoms with E-state index in [1.54, 1.807) is 0 Å². The Kier molecular flexibility index (Phi) is 22.1. The number of allylic oxidation sites excluding steroid dienone is 1. The first-order chi connectivity index (χ1) is 7.33. The zero-order valence-electron chi connectivity index (χ0n) is 11.4. The third-order valence-corrected chi connectivity index (χ3v) is 2.45. The molecule has 0 saturated heterocycles. The lowest BCUT2D eigenvalue weighted by Gasteiger charge is -1.97. The molecule has 0 radical (unpaired) electrons. The van der Waals surface area contributed by atoms with Crippen molar-refractivity contribution in [3.05, 3.63) is 12.7 Å². The van der Waals surface area contributed by atoms with Crippen molar-refractivity contribution in [2.75, 3.05) is 0 Å². The fraction of sp³-hybridized carbons (Fsp3) is 0.867. The zero-order chi connectivity index (χ0) is 11.8. The van der Waals surface area contributed by atoms with Gasteiger partial charge in [0.2, 0.25) is 0 Å². The molecule has 15 heavy (non-hydrogen) atoms. The van der Waals surface area contributed by atoms with Crippen molar-refractivity contribution in [2.45, 2.75) is 85.0 Å². The van der Waals surface area contributed by atoms with Gasteiger partial charge in [-0.1, -0.05) is 84.6 Å². The van der Waals surface area contributed by atoms with E-state index < -0.39 is 0 Å². The molecule has 0 nitrogen and oxygen atoms in total. The van der Waals surface area contributed by atoms with E-state index >= 15 is 0 Å². The van der Waals surface area contributed by atoms with E-state index in [-0.39, 0.29) is 0 Å². The van der Waals surface area contributed by atoms with E-state index in [9.17, 15) is 0 Å². The van der Waals surface area contributed by atoms with Crippen LogP contribution in [0.15, 0.2) is 12.7 Å². The summed E-state index contributed by atoms with van der Waals surface area (Å²) in [6.07, 6.45) is 15.8. The van der Waals surface area contributed by atoms with Crippen molar-refractivity contribution in [3.8, 4) is 0 Å². The summed E-state index contributed by atoms with van der Waals surface area (Å²) in [5.41, 5.74) is 0. The highest BCUT2D eigenvalue weighted by Gasteiger charge is 1.87. The molecule has 0 spiro atoms. The maximum absolute atomic E-state index is 3.55. The average Bonchev–Trinajstić information content (AvgIpc) is 2.25. The number of hydrogen-bond acceptors (Lipinski definition) is 0. The Bertz CT molecular complexity index is 86.2. The molecule has 92 valence electrons. The molecule has 0 N–H and O–H groups in total. The molecule has 0 rings (SSSR count). The van der Waals surface area contributed by atoms with Crippen LogP contribution in [0.4, 0.5) is 0 Å². The highest BCUT2D eigenvalue weighted by molar-refractivity contribution is 4.63. The van der Waals surface area contributed by atoms with Crippen molar-refractivity contribution in [2.24, 2.45) is 0 Å². The highest BCUT2D eigenvalue weighted by Crippen LogP contribution is 2.07. The van der Waals surface area contributed by atoms with Crippen molar-refractivity contribution >= 4 is 0 Å². The van der Waals surface area contributed by atoms with Gasteiger partial charge in [-0.2, -0.15) is 0 Å². The van der Waals surface area contributed by atoms with Crippen LogP contribution in [0.5, 0.6) is 0 Å². The maximum Gasteiger partial charge on any atom is -0.0356 e. The largest absolute Gasteiger partial charge is 0.103 e. The molecule has 0 aliphatic carbocycles. The van der Waals surface area contributed by atoms with Crippen molar-refractivity contribution in [1.82, 2.24) is 0 Å². The van der Waals surface area contributed by atoms with Crippen LogP contribution in [0.25, 0.3) is 0 Å². The van der Waals surface area contributed by atoms with E-state index in [0.717, 1.165) is 6.42 Å². The van der Waals surface area contributed by atoms with E-state index in [1.807, 2.05) is 6.08 Å². The number of hydrogen-bond donors (Lipinski definition) is 0. The van der Waals surface area contributed by atoms with Gasteiger partial charge in [0.05, 0.1) is 0 Å². The summed E-state index contributed by atoms with van der Waals surface area (Å²) in [6, 6.07) is 0. The maximum atomic E-state index is 3.55. The summed E-state index contributed by atoms with van der Waals surface area (Å²) in [5.74, 6) is 0. The summed E-state index contributed by atoms with van der Waals surface area (Å²) in [4.78, 5) is 0. The molecule has 0 aliphatic rings. The first-order valence-corrected chi connectivity index (χ1v) is 6.94. The van der Waals surface area contributed by atoms with E-state index in [2.05, 4.69) is 27.4 Å². The Balaban J connectivity index is 0. The molecular weight excluding hydrogens is 180 g/mol. The molecule has 0 atom stereocenters. The second-order valence-electron chi connectivity index (χ2n) is 4.20. The van der Waals surface area contributed by atoms with Gasteiger partial charge in [-0.15, -0.1) is 6.58 Å². The summed E-state index contributed by atoms with van der Waals surface area (Å²) < 4.78 is 0. The predicted molar refractivity (Wildman–Crippen MR) is 73.4 cm³/mol. The van der Waals surface area contributed by atoms with Crippen LogP contribution in [0.3, 0.4) is 0 Å². The van der Waals surface area contributed by atoms with Crippen LogP contribution >= 0.6 is 0 Å². The second kappa shape index (κ2) is 19.3. The van der Waals surface area contributed by atoms with Crippen LogP contribution < -0.4 is 0 Å². The molecule has 0 heterocycles. The van der Waals surface area contributed by atoms with Gasteiger partial charge in [-0.25, -0.2) is 0 Å². The second-order valence-corrected chi connectivity index (χ2v) is 4.20. The number of rotatable bonds is 9. The zero-order valence-corrected chi connectivity index (χ0v) is 11.4. The minimum absolute atomic E-state index is 1.15. The Morgan fingerprint density at radius 3 is 1.27 bits per heavy atom. The lowest BCUT2D eigenvalue weighted by Crippen LogP contribution is -1.77. The average molecular weight is 212 g/mol. The van der Waals surface area contributed by atoms with E-state index in [0.29, 0.717) is 0 Å². The van der Waals surface area contributed by atoms with Gasteiger partial charge in [0.15, 0.2) is 0 Å². The highest BCUT2D eigenvalue weighted by atomic mass is 13.9. The Morgan fingerprint density at radius 1 is 0.667 bits per heavy atom. The lowest BCUT2D eigenvalue weighted by atomic mass is 10.1. The van der Waals surface area contributed by atoms with Crippen LogP contribution in [0.1, 0.15) is 85.0 Å². The van der Waals surface area contributed by atoms with Crippen LogP contribution in [-0.4, -0.2) is 0 Å². The lowest BCUT2D eigenvalue weighted by molar-refractivity contribution is 0.585. The molecule has 0 heteroatoms. The Hall–Kier alpha value is -0.260. The molecule has 0 aliphatic heterocycles. The Labute approximate surface area is 98.2 Å². The minimum Gasteiger partial charge on any atom is -0.103 e.